The van der Waals surface area contributed by atoms with Crippen LogP contribution in [0, 0.1) is 0 Å². The zero-order chi connectivity index (χ0) is 17.6. The van der Waals surface area contributed by atoms with Gasteiger partial charge in [-0.25, -0.2) is 4.79 Å². The van der Waals surface area contributed by atoms with Gasteiger partial charge in [-0.1, -0.05) is 42.5 Å². The van der Waals surface area contributed by atoms with Crippen molar-refractivity contribution in [3.63, 3.8) is 0 Å². The molecule has 130 valence electrons. The Morgan fingerprint density at radius 1 is 1.20 bits per heavy atom. The molecule has 1 aromatic heterocycles. The van der Waals surface area contributed by atoms with Gasteiger partial charge in [0.2, 0.25) is 0 Å². The van der Waals surface area contributed by atoms with Gasteiger partial charge in [0.25, 0.3) is 0 Å². The van der Waals surface area contributed by atoms with Gasteiger partial charge in [0.1, 0.15) is 0 Å². The summed E-state index contributed by atoms with van der Waals surface area (Å²) >= 11 is 0. The Morgan fingerprint density at radius 3 is 2.68 bits per heavy atom. The largest absolute Gasteiger partial charge is 0.478 e. The third-order valence-corrected chi connectivity index (χ3v) is 4.60. The molecule has 0 bridgehead atoms. The third kappa shape index (κ3) is 4.28. The van der Waals surface area contributed by atoms with Crippen LogP contribution in [0.15, 0.2) is 66.4 Å². The molecule has 0 radical (unpaired) electrons. The average Bonchev–Trinajstić information content (AvgIpc) is 3.05. The number of benzene rings is 1. The maximum absolute atomic E-state index is 11.2. The number of hydrogen-bond donors (Lipinski definition) is 1. The van der Waals surface area contributed by atoms with Gasteiger partial charge in [-0.05, 0) is 30.5 Å². The summed E-state index contributed by atoms with van der Waals surface area (Å²) in [5.41, 5.74) is 4.13. The lowest BCUT2D eigenvalue weighted by Gasteiger charge is -2.25. The van der Waals surface area contributed by atoms with E-state index in [9.17, 15) is 4.79 Å². The van der Waals surface area contributed by atoms with Crippen molar-refractivity contribution in [2.75, 3.05) is 19.6 Å². The van der Waals surface area contributed by atoms with Crippen molar-refractivity contribution in [3.05, 3.63) is 77.6 Å². The second kappa shape index (κ2) is 7.99. The SMILES string of the molecule is Cn1cccc1/C(=C\CCN1CCC=C(C(=O)O)C1)c1ccccc1. The first-order chi connectivity index (χ1) is 12.1. The van der Waals surface area contributed by atoms with Crippen LogP contribution in [-0.2, 0) is 11.8 Å². The topological polar surface area (TPSA) is 45.5 Å². The first-order valence-electron chi connectivity index (χ1n) is 8.67. The molecule has 0 unspecified atom stereocenters. The van der Waals surface area contributed by atoms with Gasteiger partial charge in [-0.3, -0.25) is 4.90 Å². The maximum Gasteiger partial charge on any atom is 0.332 e. The number of aliphatic carboxylic acids is 1. The van der Waals surface area contributed by atoms with E-state index < -0.39 is 5.97 Å². The molecule has 0 atom stereocenters. The number of carbonyl (C=O) groups is 1. The van der Waals surface area contributed by atoms with E-state index >= 15 is 0 Å². The van der Waals surface area contributed by atoms with E-state index in [2.05, 4.69) is 65.2 Å². The number of rotatable bonds is 6. The molecule has 0 spiro atoms. The normalized spacial score (nSPS) is 15.9. The molecule has 1 N–H and O–H groups in total. The summed E-state index contributed by atoms with van der Waals surface area (Å²) in [7, 11) is 2.06. The summed E-state index contributed by atoms with van der Waals surface area (Å²) in [4.78, 5) is 13.4. The van der Waals surface area contributed by atoms with Gasteiger partial charge in [0.05, 0.1) is 0 Å². The van der Waals surface area contributed by atoms with Crippen LogP contribution in [0.4, 0.5) is 0 Å². The number of carboxylic acids is 1. The molecule has 4 heteroatoms. The van der Waals surface area contributed by atoms with Crippen LogP contribution in [0.2, 0.25) is 0 Å². The molecule has 2 heterocycles. The van der Waals surface area contributed by atoms with Crippen molar-refractivity contribution in [2.24, 2.45) is 7.05 Å². The van der Waals surface area contributed by atoms with Gasteiger partial charge in [-0.15, -0.1) is 0 Å². The molecular weight excluding hydrogens is 312 g/mol. The lowest BCUT2D eigenvalue weighted by molar-refractivity contribution is -0.133. The van der Waals surface area contributed by atoms with Gasteiger partial charge >= 0.3 is 5.97 Å². The third-order valence-electron chi connectivity index (χ3n) is 4.60. The lowest BCUT2D eigenvalue weighted by Crippen LogP contribution is -2.32. The summed E-state index contributed by atoms with van der Waals surface area (Å²) in [6.45, 7) is 2.33. The van der Waals surface area contributed by atoms with Gasteiger partial charge in [0, 0.05) is 49.7 Å². The molecule has 2 aromatic rings. The highest BCUT2D eigenvalue weighted by Crippen LogP contribution is 2.24. The molecule has 1 aliphatic rings. The highest BCUT2D eigenvalue weighted by Gasteiger charge is 2.16. The lowest BCUT2D eigenvalue weighted by atomic mass is 10.0. The van der Waals surface area contributed by atoms with Crippen molar-refractivity contribution in [3.8, 4) is 0 Å². The quantitative estimate of drug-likeness (QED) is 0.877. The number of aromatic nitrogens is 1. The smallest absolute Gasteiger partial charge is 0.332 e. The van der Waals surface area contributed by atoms with Crippen LogP contribution in [0.5, 0.6) is 0 Å². The van der Waals surface area contributed by atoms with Gasteiger partial charge in [-0.2, -0.15) is 0 Å². The van der Waals surface area contributed by atoms with Crippen LogP contribution >= 0.6 is 0 Å². The highest BCUT2D eigenvalue weighted by molar-refractivity contribution is 5.87. The molecule has 4 nitrogen and oxygen atoms in total. The van der Waals surface area contributed by atoms with E-state index in [0.29, 0.717) is 12.1 Å². The second-order valence-electron chi connectivity index (χ2n) is 6.38. The Kier molecular flexibility index (Phi) is 5.51. The first-order valence-corrected chi connectivity index (χ1v) is 8.67. The Balaban J connectivity index is 1.73. The molecule has 0 aliphatic carbocycles. The van der Waals surface area contributed by atoms with E-state index in [1.165, 1.54) is 16.8 Å². The fourth-order valence-electron chi connectivity index (χ4n) is 3.27. The number of nitrogens with zero attached hydrogens (tertiary/aromatic N) is 2. The standard InChI is InChI=1S/C21H24N2O2/c1-22-13-7-12-20(22)19(17-8-3-2-4-9-17)11-6-15-23-14-5-10-18(16-23)21(24)25/h2-4,7-13H,5-6,14-16H2,1H3,(H,24,25)/b19-11-. The van der Waals surface area contributed by atoms with Crippen molar-refractivity contribution in [1.29, 1.82) is 0 Å². The Labute approximate surface area is 148 Å². The summed E-state index contributed by atoms with van der Waals surface area (Å²) in [5, 5.41) is 9.16. The summed E-state index contributed by atoms with van der Waals surface area (Å²) < 4.78 is 2.13. The van der Waals surface area contributed by atoms with Crippen LogP contribution in [0.3, 0.4) is 0 Å². The van der Waals surface area contributed by atoms with Crippen molar-refractivity contribution in [1.82, 2.24) is 9.47 Å². The molecule has 1 aliphatic heterocycles. The summed E-state index contributed by atoms with van der Waals surface area (Å²) in [6.07, 6.45) is 7.87. The van der Waals surface area contributed by atoms with Gasteiger partial charge < -0.3 is 9.67 Å². The zero-order valence-corrected chi connectivity index (χ0v) is 14.6. The molecule has 0 fully saturated rings. The molecule has 3 rings (SSSR count). The fraction of sp³-hybridized carbons (Fsp3) is 0.286. The Morgan fingerprint density at radius 2 is 2.00 bits per heavy atom. The van der Waals surface area contributed by atoms with Crippen LogP contribution in [0.1, 0.15) is 24.1 Å². The minimum Gasteiger partial charge on any atom is -0.478 e. The average molecular weight is 336 g/mol. The summed E-state index contributed by atoms with van der Waals surface area (Å²) in [6, 6.07) is 14.6. The maximum atomic E-state index is 11.2. The molecular formula is C21H24N2O2. The molecule has 1 aromatic carbocycles. The van der Waals surface area contributed by atoms with E-state index in [1.807, 2.05) is 12.1 Å². The second-order valence-corrected chi connectivity index (χ2v) is 6.38. The minimum atomic E-state index is -0.797. The molecule has 0 amide bonds. The van der Waals surface area contributed by atoms with Crippen molar-refractivity contribution in [2.45, 2.75) is 12.8 Å². The predicted octanol–water partition coefficient (Wildman–Crippen LogP) is 3.56. The van der Waals surface area contributed by atoms with E-state index in [4.69, 9.17) is 5.11 Å². The Bertz CT molecular complexity index is 787. The minimum absolute atomic E-state index is 0.515. The fourth-order valence-corrected chi connectivity index (χ4v) is 3.27. The Hall–Kier alpha value is -2.59. The zero-order valence-electron chi connectivity index (χ0n) is 14.6. The number of hydrogen-bond acceptors (Lipinski definition) is 2. The monoisotopic (exact) mass is 336 g/mol. The van der Waals surface area contributed by atoms with E-state index in [0.717, 1.165) is 25.9 Å². The van der Waals surface area contributed by atoms with Crippen LogP contribution in [-0.4, -0.2) is 40.2 Å². The first kappa shape index (κ1) is 17.2. The number of aryl methyl sites for hydroxylation is 1. The van der Waals surface area contributed by atoms with E-state index in [-0.39, 0.29) is 0 Å². The van der Waals surface area contributed by atoms with Crippen molar-refractivity contribution < 1.29 is 9.90 Å². The highest BCUT2D eigenvalue weighted by atomic mass is 16.4. The predicted molar refractivity (Wildman–Crippen MR) is 100 cm³/mol. The van der Waals surface area contributed by atoms with Crippen LogP contribution < -0.4 is 0 Å². The van der Waals surface area contributed by atoms with Crippen LogP contribution in [0.25, 0.3) is 5.57 Å². The van der Waals surface area contributed by atoms with E-state index in [1.54, 1.807) is 0 Å². The molecule has 25 heavy (non-hydrogen) atoms. The van der Waals surface area contributed by atoms with Crippen molar-refractivity contribution >= 4 is 11.5 Å². The van der Waals surface area contributed by atoms with Gasteiger partial charge in [0.15, 0.2) is 0 Å². The summed E-state index contributed by atoms with van der Waals surface area (Å²) in [5.74, 6) is -0.797. The molecule has 0 saturated heterocycles. The number of carboxylic acid groups (broad SMARTS) is 1. The molecule has 0 saturated carbocycles.